The van der Waals surface area contributed by atoms with E-state index in [0.717, 1.165) is 23.3 Å². The third kappa shape index (κ3) is 3.71. The molecule has 3 aromatic rings. The third-order valence-electron chi connectivity index (χ3n) is 6.04. The number of fused-ring (bicyclic) bond motifs is 1. The maximum atomic E-state index is 13.2. The normalized spacial score (nSPS) is 18.8. The molecule has 2 aliphatic heterocycles. The highest BCUT2D eigenvalue weighted by molar-refractivity contribution is 6.46. The Balaban J connectivity index is 1.59. The zero-order chi connectivity index (χ0) is 22.9. The van der Waals surface area contributed by atoms with E-state index < -0.39 is 17.7 Å². The quantitative estimate of drug-likeness (QED) is 0.369. The van der Waals surface area contributed by atoms with Gasteiger partial charge in [-0.3, -0.25) is 14.6 Å². The van der Waals surface area contributed by atoms with Crippen LogP contribution in [0.25, 0.3) is 5.76 Å². The Hall–Kier alpha value is -4.13. The van der Waals surface area contributed by atoms with Gasteiger partial charge in [0.25, 0.3) is 11.7 Å². The first kappa shape index (κ1) is 20.8. The van der Waals surface area contributed by atoms with Gasteiger partial charge in [0, 0.05) is 30.9 Å². The van der Waals surface area contributed by atoms with Crippen LogP contribution >= 0.6 is 0 Å². The molecular weight excluding hydrogens is 420 g/mol. The molecule has 5 rings (SSSR count). The number of carbonyl (C=O) groups excluding carboxylic acids is 2. The predicted molar refractivity (Wildman–Crippen MR) is 121 cm³/mol. The second-order valence-corrected chi connectivity index (χ2v) is 7.98. The lowest BCUT2D eigenvalue weighted by atomic mass is 9.95. The number of aromatic nitrogens is 1. The molecule has 0 bridgehead atoms. The number of methoxy groups -OCH3 is 1. The summed E-state index contributed by atoms with van der Waals surface area (Å²) >= 11 is 0. The van der Waals surface area contributed by atoms with Crippen molar-refractivity contribution < 1.29 is 24.2 Å². The summed E-state index contributed by atoms with van der Waals surface area (Å²) in [6.45, 7) is 0.791. The van der Waals surface area contributed by atoms with E-state index in [1.807, 2.05) is 18.2 Å². The van der Waals surface area contributed by atoms with Crippen molar-refractivity contribution >= 4 is 17.4 Å². The van der Waals surface area contributed by atoms with Gasteiger partial charge in [0.1, 0.15) is 17.3 Å². The lowest BCUT2D eigenvalue weighted by molar-refractivity contribution is -0.140. The van der Waals surface area contributed by atoms with E-state index in [9.17, 15) is 14.7 Å². The minimum atomic E-state index is -0.736. The summed E-state index contributed by atoms with van der Waals surface area (Å²) in [5, 5.41) is 11.2. The lowest BCUT2D eigenvalue weighted by Gasteiger charge is -2.25. The Bertz CT molecular complexity index is 1250. The molecule has 0 spiro atoms. The van der Waals surface area contributed by atoms with Gasteiger partial charge in [-0.25, -0.2) is 0 Å². The number of rotatable bonds is 5. The standard InChI is InChI=1S/C26H22N2O5/c1-32-20-5-2-16(3-6-20)15-28-23(17-8-11-27-12-9-17)22(25(30)26(28)31)24(29)19-4-7-21-18(14-19)10-13-33-21/h2-9,11-12,14,23,29H,10,13,15H2,1H3/b24-22-. The molecule has 0 radical (unpaired) electrons. The number of amides is 1. The summed E-state index contributed by atoms with van der Waals surface area (Å²) in [5.41, 5.74) is 3.06. The largest absolute Gasteiger partial charge is 0.507 e. The van der Waals surface area contributed by atoms with E-state index >= 15 is 0 Å². The van der Waals surface area contributed by atoms with Crippen LogP contribution < -0.4 is 9.47 Å². The minimum Gasteiger partial charge on any atom is -0.507 e. The molecule has 1 unspecified atom stereocenters. The summed E-state index contributed by atoms with van der Waals surface area (Å²) < 4.78 is 10.8. The molecule has 0 aliphatic carbocycles. The zero-order valence-corrected chi connectivity index (χ0v) is 18.0. The number of aliphatic hydroxyl groups is 1. The Labute approximate surface area is 190 Å². The molecule has 0 saturated carbocycles. The average molecular weight is 442 g/mol. The van der Waals surface area contributed by atoms with Crippen molar-refractivity contribution in [3.8, 4) is 11.5 Å². The number of carbonyl (C=O) groups is 2. The van der Waals surface area contributed by atoms with Crippen LogP contribution in [0.15, 0.2) is 72.6 Å². The highest BCUT2D eigenvalue weighted by Crippen LogP contribution is 2.41. The molecule has 1 saturated heterocycles. The molecule has 2 aliphatic rings. The van der Waals surface area contributed by atoms with Crippen LogP contribution in [0.2, 0.25) is 0 Å². The number of hydrogen-bond donors (Lipinski definition) is 1. The number of Topliss-reactive ketones (excluding diaryl/α,β-unsaturated/α-hetero) is 1. The molecule has 166 valence electrons. The Morgan fingerprint density at radius 3 is 2.61 bits per heavy atom. The molecule has 1 amide bonds. The van der Waals surface area contributed by atoms with Gasteiger partial charge in [-0.15, -0.1) is 0 Å². The van der Waals surface area contributed by atoms with Gasteiger partial charge >= 0.3 is 0 Å². The molecule has 1 atom stereocenters. The number of nitrogens with zero attached hydrogens (tertiary/aromatic N) is 2. The van der Waals surface area contributed by atoms with Crippen molar-refractivity contribution in [1.82, 2.24) is 9.88 Å². The van der Waals surface area contributed by atoms with E-state index in [1.165, 1.54) is 4.90 Å². The van der Waals surface area contributed by atoms with Crippen LogP contribution in [-0.4, -0.2) is 40.4 Å². The van der Waals surface area contributed by atoms with Gasteiger partial charge in [-0.1, -0.05) is 12.1 Å². The SMILES string of the molecule is COc1ccc(CN2C(=O)C(=O)/C(=C(\O)c3ccc4c(c3)CCO4)C2c2ccncc2)cc1. The summed E-state index contributed by atoms with van der Waals surface area (Å²) in [6.07, 6.45) is 3.95. The molecular formula is C26H22N2O5. The van der Waals surface area contributed by atoms with E-state index in [1.54, 1.807) is 55.9 Å². The second kappa shape index (κ2) is 8.43. The van der Waals surface area contributed by atoms with Gasteiger partial charge in [-0.05, 0) is 59.2 Å². The Kier molecular flexibility index (Phi) is 5.30. The summed E-state index contributed by atoms with van der Waals surface area (Å²) in [4.78, 5) is 31.8. The minimum absolute atomic E-state index is 0.0681. The van der Waals surface area contributed by atoms with Crippen LogP contribution in [0, 0.1) is 0 Å². The molecule has 1 aromatic heterocycles. The molecule has 3 heterocycles. The van der Waals surface area contributed by atoms with Crippen molar-refractivity contribution in [2.24, 2.45) is 0 Å². The number of likely N-dealkylation sites (tertiary alicyclic amines) is 1. The number of ketones is 1. The number of aliphatic hydroxyl groups excluding tert-OH is 1. The van der Waals surface area contributed by atoms with Gasteiger partial charge in [0.2, 0.25) is 0 Å². The van der Waals surface area contributed by atoms with Gasteiger partial charge in [-0.2, -0.15) is 0 Å². The van der Waals surface area contributed by atoms with Gasteiger partial charge in [0.05, 0.1) is 25.3 Å². The van der Waals surface area contributed by atoms with Crippen molar-refractivity contribution in [3.63, 3.8) is 0 Å². The Morgan fingerprint density at radius 2 is 1.88 bits per heavy atom. The molecule has 2 aromatic carbocycles. The van der Waals surface area contributed by atoms with Crippen LogP contribution in [0.5, 0.6) is 11.5 Å². The number of benzene rings is 2. The first-order valence-corrected chi connectivity index (χ1v) is 10.6. The molecule has 33 heavy (non-hydrogen) atoms. The predicted octanol–water partition coefficient (Wildman–Crippen LogP) is 3.65. The van der Waals surface area contributed by atoms with Crippen molar-refractivity contribution in [1.29, 1.82) is 0 Å². The van der Waals surface area contributed by atoms with Crippen LogP contribution in [0.4, 0.5) is 0 Å². The van der Waals surface area contributed by atoms with E-state index in [-0.39, 0.29) is 17.9 Å². The number of ether oxygens (including phenoxy) is 2. The summed E-state index contributed by atoms with van der Waals surface area (Å²) in [6, 6.07) is 15.4. The molecule has 1 fully saturated rings. The molecule has 1 N–H and O–H groups in total. The molecule has 7 nitrogen and oxygen atoms in total. The average Bonchev–Trinajstić information content (AvgIpc) is 3.42. The van der Waals surface area contributed by atoms with Crippen LogP contribution in [-0.2, 0) is 22.6 Å². The topological polar surface area (TPSA) is 89.0 Å². The van der Waals surface area contributed by atoms with Crippen molar-refractivity contribution in [2.45, 2.75) is 19.0 Å². The first-order valence-electron chi connectivity index (χ1n) is 10.6. The van der Waals surface area contributed by atoms with Crippen LogP contribution in [0.1, 0.15) is 28.3 Å². The van der Waals surface area contributed by atoms with Crippen molar-refractivity contribution in [2.75, 3.05) is 13.7 Å². The highest BCUT2D eigenvalue weighted by atomic mass is 16.5. The fourth-order valence-corrected chi connectivity index (χ4v) is 4.35. The highest BCUT2D eigenvalue weighted by Gasteiger charge is 2.46. The first-order chi connectivity index (χ1) is 16.1. The smallest absolute Gasteiger partial charge is 0.295 e. The molecule has 7 heteroatoms. The second-order valence-electron chi connectivity index (χ2n) is 7.98. The third-order valence-corrected chi connectivity index (χ3v) is 6.04. The van der Waals surface area contributed by atoms with Gasteiger partial charge < -0.3 is 19.5 Å². The fraction of sp³-hybridized carbons (Fsp3) is 0.192. The lowest BCUT2D eigenvalue weighted by Crippen LogP contribution is -2.29. The van der Waals surface area contributed by atoms with Gasteiger partial charge in [0.15, 0.2) is 0 Å². The monoisotopic (exact) mass is 442 g/mol. The maximum absolute atomic E-state index is 13.2. The van der Waals surface area contributed by atoms with Crippen LogP contribution in [0.3, 0.4) is 0 Å². The summed E-state index contributed by atoms with van der Waals surface area (Å²) in [7, 11) is 1.59. The Morgan fingerprint density at radius 1 is 1.12 bits per heavy atom. The zero-order valence-electron chi connectivity index (χ0n) is 18.0. The number of hydrogen-bond acceptors (Lipinski definition) is 6. The fourth-order valence-electron chi connectivity index (χ4n) is 4.35. The van der Waals surface area contributed by atoms with Crippen molar-refractivity contribution in [3.05, 3.63) is 94.8 Å². The maximum Gasteiger partial charge on any atom is 0.295 e. The summed E-state index contributed by atoms with van der Waals surface area (Å²) in [5.74, 6) is -0.0791. The van der Waals surface area contributed by atoms with E-state index in [4.69, 9.17) is 9.47 Å². The number of pyridine rings is 1. The van der Waals surface area contributed by atoms with E-state index in [2.05, 4.69) is 4.98 Å². The van der Waals surface area contributed by atoms with E-state index in [0.29, 0.717) is 23.5 Å².